The average Bonchev–Trinajstić information content (AvgIpc) is 3.03. The second-order valence-corrected chi connectivity index (χ2v) is 7.72. The molecular weight excluding hydrogens is 409 g/mol. The van der Waals surface area contributed by atoms with Gasteiger partial charge in [0.1, 0.15) is 11.6 Å². The zero-order chi connectivity index (χ0) is 19.0. The first-order chi connectivity index (χ1) is 13.0. The fourth-order valence-electron chi connectivity index (χ4n) is 3.67. The Labute approximate surface area is 165 Å². The summed E-state index contributed by atoms with van der Waals surface area (Å²) in [6, 6.07) is 12.7. The van der Waals surface area contributed by atoms with Gasteiger partial charge in [-0.25, -0.2) is 9.07 Å². The summed E-state index contributed by atoms with van der Waals surface area (Å²) in [4.78, 5) is 12.7. The fraction of sp³-hybridized carbons (Fsp3) is 0.238. The molecule has 1 aromatic heterocycles. The number of aryl methyl sites for hydroxylation is 2. The molecule has 2 aromatic carbocycles. The SMILES string of the molecule is Cc1cnn(C2CCCc3ccccc32)c1NC(=O)c1cc(Br)ccc1F. The van der Waals surface area contributed by atoms with E-state index in [-0.39, 0.29) is 11.6 Å². The Hall–Kier alpha value is -2.47. The van der Waals surface area contributed by atoms with Gasteiger partial charge >= 0.3 is 0 Å². The predicted molar refractivity (Wildman–Crippen MR) is 107 cm³/mol. The van der Waals surface area contributed by atoms with Crippen molar-refractivity contribution in [3.8, 4) is 0 Å². The van der Waals surface area contributed by atoms with E-state index < -0.39 is 11.7 Å². The molecule has 0 saturated carbocycles. The quantitative estimate of drug-likeness (QED) is 0.618. The van der Waals surface area contributed by atoms with Crippen LogP contribution in [0.25, 0.3) is 0 Å². The molecule has 0 saturated heterocycles. The van der Waals surface area contributed by atoms with Gasteiger partial charge in [0.15, 0.2) is 0 Å². The molecule has 1 aliphatic carbocycles. The highest BCUT2D eigenvalue weighted by Crippen LogP contribution is 2.35. The monoisotopic (exact) mass is 427 g/mol. The number of aromatic nitrogens is 2. The number of hydrogen-bond acceptors (Lipinski definition) is 2. The van der Waals surface area contributed by atoms with E-state index in [4.69, 9.17) is 0 Å². The topological polar surface area (TPSA) is 46.9 Å². The zero-order valence-corrected chi connectivity index (χ0v) is 16.5. The molecule has 1 unspecified atom stereocenters. The second-order valence-electron chi connectivity index (χ2n) is 6.81. The van der Waals surface area contributed by atoms with Crippen molar-refractivity contribution in [2.75, 3.05) is 5.32 Å². The number of nitrogens with one attached hydrogen (secondary N) is 1. The number of hydrogen-bond donors (Lipinski definition) is 1. The Morgan fingerprint density at radius 1 is 1.30 bits per heavy atom. The third kappa shape index (κ3) is 3.41. The van der Waals surface area contributed by atoms with Gasteiger partial charge in [-0.05, 0) is 55.5 Å². The smallest absolute Gasteiger partial charge is 0.259 e. The number of anilines is 1. The minimum absolute atomic E-state index is 0.000527. The molecule has 1 N–H and O–H groups in total. The molecule has 1 atom stereocenters. The van der Waals surface area contributed by atoms with Crippen LogP contribution in [-0.4, -0.2) is 15.7 Å². The lowest BCUT2D eigenvalue weighted by Crippen LogP contribution is -2.23. The lowest BCUT2D eigenvalue weighted by atomic mass is 9.88. The van der Waals surface area contributed by atoms with Crippen molar-refractivity contribution in [3.05, 3.63) is 81.2 Å². The van der Waals surface area contributed by atoms with Gasteiger partial charge in [-0.15, -0.1) is 0 Å². The maximum absolute atomic E-state index is 14.1. The van der Waals surface area contributed by atoms with Gasteiger partial charge in [-0.3, -0.25) is 4.79 Å². The third-order valence-electron chi connectivity index (χ3n) is 5.02. The Morgan fingerprint density at radius 2 is 2.11 bits per heavy atom. The Balaban J connectivity index is 1.69. The van der Waals surface area contributed by atoms with E-state index in [2.05, 4.69) is 38.5 Å². The van der Waals surface area contributed by atoms with Crippen LogP contribution in [0.3, 0.4) is 0 Å². The molecule has 6 heteroatoms. The third-order valence-corrected chi connectivity index (χ3v) is 5.51. The molecular formula is C21H19BrFN3O. The van der Waals surface area contributed by atoms with Crippen LogP contribution in [0.2, 0.25) is 0 Å². The summed E-state index contributed by atoms with van der Waals surface area (Å²) in [5.41, 5.74) is 3.40. The molecule has 27 heavy (non-hydrogen) atoms. The molecule has 0 fully saturated rings. The lowest BCUT2D eigenvalue weighted by molar-refractivity contribution is 0.102. The molecule has 0 radical (unpaired) electrons. The molecule has 4 nitrogen and oxygen atoms in total. The summed E-state index contributed by atoms with van der Waals surface area (Å²) in [7, 11) is 0. The molecule has 0 spiro atoms. The van der Waals surface area contributed by atoms with Crippen molar-refractivity contribution in [1.29, 1.82) is 0 Å². The van der Waals surface area contributed by atoms with Crippen LogP contribution in [0.1, 0.15) is 45.9 Å². The van der Waals surface area contributed by atoms with Crippen LogP contribution in [0.15, 0.2) is 53.1 Å². The van der Waals surface area contributed by atoms with E-state index in [1.165, 1.54) is 23.3 Å². The summed E-state index contributed by atoms with van der Waals surface area (Å²) in [6.07, 6.45) is 4.81. The number of carbonyl (C=O) groups is 1. The molecule has 0 aliphatic heterocycles. The first-order valence-electron chi connectivity index (χ1n) is 8.93. The number of rotatable bonds is 3. The highest BCUT2D eigenvalue weighted by atomic mass is 79.9. The maximum Gasteiger partial charge on any atom is 0.259 e. The van der Waals surface area contributed by atoms with Crippen LogP contribution < -0.4 is 5.32 Å². The standard InChI is InChI=1S/C21H19BrFN3O/c1-13-12-24-26(19-8-4-6-14-5-2-3-7-16(14)19)20(13)25-21(27)17-11-15(22)9-10-18(17)23/h2-3,5,7,9-12,19H,4,6,8H2,1H3,(H,25,27). The van der Waals surface area contributed by atoms with E-state index in [0.717, 1.165) is 24.8 Å². The second kappa shape index (κ2) is 7.27. The number of benzene rings is 2. The van der Waals surface area contributed by atoms with Gasteiger partial charge < -0.3 is 5.32 Å². The largest absolute Gasteiger partial charge is 0.306 e. The Morgan fingerprint density at radius 3 is 2.96 bits per heavy atom. The van der Waals surface area contributed by atoms with Crippen LogP contribution in [0, 0.1) is 12.7 Å². The number of nitrogens with zero attached hydrogens (tertiary/aromatic N) is 2. The summed E-state index contributed by atoms with van der Waals surface area (Å²) in [6.45, 7) is 1.89. The van der Waals surface area contributed by atoms with E-state index in [0.29, 0.717) is 10.3 Å². The van der Waals surface area contributed by atoms with Crippen LogP contribution >= 0.6 is 15.9 Å². The highest BCUT2D eigenvalue weighted by molar-refractivity contribution is 9.10. The summed E-state index contributed by atoms with van der Waals surface area (Å²) in [5.74, 6) is -0.425. The van der Waals surface area contributed by atoms with Crippen molar-refractivity contribution < 1.29 is 9.18 Å². The van der Waals surface area contributed by atoms with Gasteiger partial charge in [-0.1, -0.05) is 40.2 Å². The normalized spacial score (nSPS) is 16.0. The fourth-order valence-corrected chi connectivity index (χ4v) is 4.03. The van der Waals surface area contributed by atoms with Crippen molar-refractivity contribution in [3.63, 3.8) is 0 Å². The van der Waals surface area contributed by atoms with Crippen LogP contribution in [-0.2, 0) is 6.42 Å². The van der Waals surface area contributed by atoms with Crippen LogP contribution in [0.5, 0.6) is 0 Å². The van der Waals surface area contributed by atoms with Gasteiger partial charge in [0.05, 0.1) is 17.8 Å². The zero-order valence-electron chi connectivity index (χ0n) is 14.9. The summed E-state index contributed by atoms with van der Waals surface area (Å²) in [5, 5.41) is 7.40. The molecule has 0 bridgehead atoms. The van der Waals surface area contributed by atoms with Gasteiger partial charge in [0.25, 0.3) is 5.91 Å². The maximum atomic E-state index is 14.1. The number of carbonyl (C=O) groups excluding carboxylic acids is 1. The number of fused-ring (bicyclic) bond motifs is 1. The predicted octanol–water partition coefficient (Wildman–Crippen LogP) is 5.27. The molecule has 3 aromatic rings. The van der Waals surface area contributed by atoms with E-state index >= 15 is 0 Å². The molecule has 1 amide bonds. The molecule has 1 heterocycles. The van der Waals surface area contributed by atoms with E-state index in [9.17, 15) is 9.18 Å². The summed E-state index contributed by atoms with van der Waals surface area (Å²) >= 11 is 3.29. The minimum Gasteiger partial charge on any atom is -0.306 e. The first kappa shape index (κ1) is 17.9. The van der Waals surface area contributed by atoms with Crippen molar-refractivity contribution in [2.24, 2.45) is 0 Å². The Bertz CT molecular complexity index is 1010. The van der Waals surface area contributed by atoms with Crippen LogP contribution in [0.4, 0.5) is 10.2 Å². The Kier molecular flexibility index (Phi) is 4.83. The minimum atomic E-state index is -0.553. The number of halogens is 2. The molecule has 4 rings (SSSR count). The van der Waals surface area contributed by atoms with Gasteiger partial charge in [-0.2, -0.15) is 5.10 Å². The molecule has 1 aliphatic rings. The molecule has 138 valence electrons. The van der Waals surface area contributed by atoms with E-state index in [1.807, 2.05) is 23.7 Å². The first-order valence-corrected chi connectivity index (χ1v) is 9.72. The van der Waals surface area contributed by atoms with Crippen molar-refractivity contribution >= 4 is 27.7 Å². The highest BCUT2D eigenvalue weighted by Gasteiger charge is 2.26. The van der Waals surface area contributed by atoms with Crippen molar-refractivity contribution in [2.45, 2.75) is 32.2 Å². The van der Waals surface area contributed by atoms with E-state index in [1.54, 1.807) is 12.3 Å². The van der Waals surface area contributed by atoms with Gasteiger partial charge in [0.2, 0.25) is 0 Å². The average molecular weight is 428 g/mol. The lowest BCUT2D eigenvalue weighted by Gasteiger charge is -2.27. The number of amides is 1. The summed E-state index contributed by atoms with van der Waals surface area (Å²) < 4.78 is 16.6. The van der Waals surface area contributed by atoms with Crippen molar-refractivity contribution in [1.82, 2.24) is 9.78 Å². The van der Waals surface area contributed by atoms with Gasteiger partial charge in [0, 0.05) is 10.0 Å².